The molecule has 0 saturated carbocycles. The molecule has 2 rings (SSSR count). The van der Waals surface area contributed by atoms with Crippen LogP contribution in [0.2, 0.25) is 0 Å². The fourth-order valence-electron chi connectivity index (χ4n) is 2.99. The first-order valence-corrected chi connectivity index (χ1v) is 6.52. The van der Waals surface area contributed by atoms with Crippen molar-refractivity contribution in [3.63, 3.8) is 0 Å². The third kappa shape index (κ3) is 2.60. The average Bonchev–Trinajstić information content (AvgIpc) is 2.47. The van der Waals surface area contributed by atoms with Gasteiger partial charge in [0, 0.05) is 12.1 Å². The largest absolute Gasteiger partial charge is 0.481 e. The second kappa shape index (κ2) is 4.44. The number of carboxylic acids is 1. The third-order valence-corrected chi connectivity index (χ3v) is 3.69. The Kier molecular flexibility index (Phi) is 3.25. The molecule has 5 heteroatoms. The Morgan fingerprint density at radius 3 is 2.06 bits per heavy atom. The topological polar surface area (TPSA) is 66.8 Å². The van der Waals surface area contributed by atoms with E-state index in [1.165, 1.54) is 0 Å². The van der Waals surface area contributed by atoms with Crippen molar-refractivity contribution in [3.05, 3.63) is 0 Å². The van der Waals surface area contributed by atoms with Crippen LogP contribution < -0.4 is 0 Å². The van der Waals surface area contributed by atoms with Crippen molar-refractivity contribution < 1.29 is 19.4 Å². The molecule has 0 radical (unpaired) electrons. The number of nitrogens with zero attached hydrogens (tertiary/aromatic N) is 1. The first-order valence-electron chi connectivity index (χ1n) is 6.52. The minimum Gasteiger partial charge on any atom is -0.481 e. The van der Waals surface area contributed by atoms with E-state index >= 15 is 0 Å². The van der Waals surface area contributed by atoms with E-state index in [1.807, 2.05) is 20.8 Å². The molecule has 0 spiro atoms. The summed E-state index contributed by atoms with van der Waals surface area (Å²) in [7, 11) is 0. The van der Waals surface area contributed by atoms with Gasteiger partial charge in [-0.05, 0) is 46.5 Å². The number of hydrogen-bond acceptors (Lipinski definition) is 3. The molecule has 0 aromatic rings. The molecule has 2 aliphatic rings. The Labute approximate surface area is 107 Å². The van der Waals surface area contributed by atoms with Crippen molar-refractivity contribution in [2.75, 3.05) is 0 Å². The zero-order valence-corrected chi connectivity index (χ0v) is 11.2. The van der Waals surface area contributed by atoms with E-state index in [0.29, 0.717) is 12.8 Å². The van der Waals surface area contributed by atoms with Gasteiger partial charge in [-0.2, -0.15) is 0 Å². The highest BCUT2D eigenvalue weighted by atomic mass is 16.6. The standard InChI is InChI=1S/C13H21NO4/c1-13(2,3)18-12(17)14-9-4-5-10(14)7-8(6-9)11(15)16/h8-10H,4-7H2,1-3H3,(H,15,16)/t9-,10-/m0/s1. The van der Waals surface area contributed by atoms with Gasteiger partial charge in [-0.25, -0.2) is 4.79 Å². The first kappa shape index (κ1) is 13.2. The molecule has 0 unspecified atom stereocenters. The van der Waals surface area contributed by atoms with Crippen LogP contribution in [0.15, 0.2) is 0 Å². The van der Waals surface area contributed by atoms with Crippen molar-refractivity contribution >= 4 is 12.1 Å². The predicted octanol–water partition coefficient (Wildman–Crippen LogP) is 2.25. The summed E-state index contributed by atoms with van der Waals surface area (Å²) in [5, 5.41) is 9.08. The lowest BCUT2D eigenvalue weighted by molar-refractivity contribution is -0.144. The van der Waals surface area contributed by atoms with Crippen LogP contribution in [0.3, 0.4) is 0 Å². The summed E-state index contributed by atoms with van der Waals surface area (Å²) in [4.78, 5) is 24.9. The predicted molar refractivity (Wildman–Crippen MR) is 65.2 cm³/mol. The van der Waals surface area contributed by atoms with Crippen molar-refractivity contribution in [2.24, 2.45) is 5.92 Å². The van der Waals surface area contributed by atoms with Gasteiger partial charge in [-0.1, -0.05) is 0 Å². The van der Waals surface area contributed by atoms with Gasteiger partial charge in [-0.15, -0.1) is 0 Å². The number of piperidine rings is 1. The van der Waals surface area contributed by atoms with Crippen LogP contribution >= 0.6 is 0 Å². The molecule has 2 heterocycles. The Balaban J connectivity index is 2.05. The van der Waals surface area contributed by atoms with Crippen LogP contribution in [0.25, 0.3) is 0 Å². The fraction of sp³-hybridized carbons (Fsp3) is 0.846. The number of carbonyl (C=O) groups is 2. The molecule has 2 saturated heterocycles. The van der Waals surface area contributed by atoms with Crippen molar-refractivity contribution in [3.8, 4) is 0 Å². The summed E-state index contributed by atoms with van der Waals surface area (Å²) in [6.07, 6.45) is 2.62. The molecular weight excluding hydrogens is 234 g/mol. The third-order valence-electron chi connectivity index (χ3n) is 3.69. The molecule has 1 N–H and O–H groups in total. The number of rotatable bonds is 1. The van der Waals surface area contributed by atoms with Crippen molar-refractivity contribution in [2.45, 2.75) is 64.1 Å². The summed E-state index contributed by atoms with van der Waals surface area (Å²) < 4.78 is 5.39. The van der Waals surface area contributed by atoms with Crippen LogP contribution in [-0.4, -0.2) is 39.8 Å². The Morgan fingerprint density at radius 2 is 1.67 bits per heavy atom. The van der Waals surface area contributed by atoms with E-state index in [4.69, 9.17) is 9.84 Å². The van der Waals surface area contributed by atoms with Gasteiger partial charge in [0.15, 0.2) is 0 Å². The number of fused-ring (bicyclic) bond motifs is 2. The molecule has 0 aromatic heterocycles. The molecule has 5 nitrogen and oxygen atoms in total. The van der Waals surface area contributed by atoms with Crippen molar-refractivity contribution in [1.29, 1.82) is 0 Å². The lowest BCUT2D eigenvalue weighted by Crippen LogP contribution is -2.49. The lowest BCUT2D eigenvalue weighted by atomic mass is 9.91. The SMILES string of the molecule is CC(C)(C)OC(=O)N1[C@H]2CC[C@H]1CC(C(=O)O)C2. The van der Waals surface area contributed by atoms with Crippen LogP contribution in [0.5, 0.6) is 0 Å². The second-order valence-corrected chi connectivity index (χ2v) is 6.28. The van der Waals surface area contributed by atoms with Crippen LogP contribution in [0.1, 0.15) is 46.5 Å². The number of amides is 1. The van der Waals surface area contributed by atoms with Gasteiger partial charge >= 0.3 is 12.1 Å². The van der Waals surface area contributed by atoms with Gasteiger partial charge < -0.3 is 14.7 Å². The highest BCUT2D eigenvalue weighted by Crippen LogP contribution is 2.39. The Hall–Kier alpha value is -1.26. The zero-order valence-electron chi connectivity index (χ0n) is 11.2. The monoisotopic (exact) mass is 255 g/mol. The van der Waals surface area contributed by atoms with E-state index in [2.05, 4.69) is 0 Å². The van der Waals surface area contributed by atoms with Gasteiger partial charge in [0.1, 0.15) is 5.60 Å². The van der Waals surface area contributed by atoms with Crippen molar-refractivity contribution in [1.82, 2.24) is 4.90 Å². The molecule has 1 amide bonds. The van der Waals surface area contributed by atoms with E-state index in [1.54, 1.807) is 4.90 Å². The van der Waals surface area contributed by atoms with E-state index in [0.717, 1.165) is 12.8 Å². The Morgan fingerprint density at radius 1 is 1.17 bits per heavy atom. The molecular formula is C13H21NO4. The highest BCUT2D eigenvalue weighted by molar-refractivity contribution is 5.73. The number of hydrogen-bond donors (Lipinski definition) is 1. The maximum Gasteiger partial charge on any atom is 0.410 e. The molecule has 0 aromatic carbocycles. The number of aliphatic carboxylic acids is 1. The summed E-state index contributed by atoms with van der Waals surface area (Å²) in [6, 6.07) is 0.0828. The van der Waals surface area contributed by atoms with Gasteiger partial charge in [0.05, 0.1) is 5.92 Å². The summed E-state index contributed by atoms with van der Waals surface area (Å²) in [5.41, 5.74) is -0.500. The Bertz CT molecular complexity index is 346. The molecule has 2 aliphatic heterocycles. The van der Waals surface area contributed by atoms with Crippen LogP contribution in [0, 0.1) is 5.92 Å². The minimum atomic E-state index is -0.740. The summed E-state index contributed by atoms with van der Waals surface area (Å²) in [5.74, 6) is -1.04. The molecule has 0 aliphatic carbocycles. The number of carbonyl (C=O) groups excluding carboxylic acids is 1. The molecule has 102 valence electrons. The summed E-state index contributed by atoms with van der Waals surface area (Å²) >= 11 is 0. The summed E-state index contributed by atoms with van der Waals surface area (Å²) in [6.45, 7) is 5.53. The first-order chi connectivity index (χ1) is 8.28. The molecule has 2 atom stereocenters. The van der Waals surface area contributed by atoms with Gasteiger partial charge in [0.25, 0.3) is 0 Å². The second-order valence-electron chi connectivity index (χ2n) is 6.28. The highest BCUT2D eigenvalue weighted by Gasteiger charge is 2.46. The van der Waals surface area contributed by atoms with Gasteiger partial charge in [-0.3, -0.25) is 4.79 Å². The zero-order chi connectivity index (χ0) is 13.5. The lowest BCUT2D eigenvalue weighted by Gasteiger charge is -2.38. The quantitative estimate of drug-likeness (QED) is 0.780. The van der Waals surface area contributed by atoms with Crippen LogP contribution in [0.4, 0.5) is 4.79 Å². The maximum absolute atomic E-state index is 12.1. The molecule has 18 heavy (non-hydrogen) atoms. The number of ether oxygens (including phenoxy) is 1. The fourth-order valence-corrected chi connectivity index (χ4v) is 2.99. The van der Waals surface area contributed by atoms with Gasteiger partial charge in [0.2, 0.25) is 0 Å². The van der Waals surface area contributed by atoms with E-state index in [9.17, 15) is 9.59 Å². The molecule has 2 bridgehead atoms. The van der Waals surface area contributed by atoms with Crippen LogP contribution in [-0.2, 0) is 9.53 Å². The number of carboxylic acid groups (broad SMARTS) is 1. The average molecular weight is 255 g/mol. The smallest absolute Gasteiger partial charge is 0.410 e. The van der Waals surface area contributed by atoms with E-state index < -0.39 is 11.6 Å². The minimum absolute atomic E-state index is 0.0414. The maximum atomic E-state index is 12.1. The molecule has 2 fully saturated rings. The van der Waals surface area contributed by atoms with E-state index in [-0.39, 0.29) is 24.1 Å². The normalized spacial score (nSPS) is 31.3.